The molecule has 0 saturated heterocycles. The van der Waals surface area contributed by atoms with Gasteiger partial charge in [0.05, 0.1) is 6.61 Å². The van der Waals surface area contributed by atoms with Crippen molar-refractivity contribution in [2.75, 3.05) is 13.2 Å². The van der Waals surface area contributed by atoms with Crippen LogP contribution >= 0.6 is 0 Å². The highest BCUT2D eigenvalue weighted by atomic mass is 16.6. The van der Waals surface area contributed by atoms with E-state index in [4.69, 9.17) is 9.47 Å². The van der Waals surface area contributed by atoms with Crippen LogP contribution in [0, 0.1) is 0 Å². The van der Waals surface area contributed by atoms with Crippen molar-refractivity contribution in [3.05, 3.63) is 146 Å². The van der Waals surface area contributed by atoms with Crippen molar-refractivity contribution in [1.29, 1.82) is 0 Å². The van der Waals surface area contributed by atoms with Crippen LogP contribution in [0.15, 0.2) is 146 Å². The number of hydrogen-bond acceptors (Lipinski definition) is 5. The molecule has 0 heterocycles. The van der Waals surface area contributed by atoms with Gasteiger partial charge in [-0.25, -0.2) is 0 Å². The summed E-state index contributed by atoms with van der Waals surface area (Å²) < 4.78 is 10.7. The van der Waals surface area contributed by atoms with Crippen molar-refractivity contribution in [3.63, 3.8) is 0 Å². The fourth-order valence-electron chi connectivity index (χ4n) is 8.79. The molecule has 0 aromatic heterocycles. The van der Waals surface area contributed by atoms with Gasteiger partial charge in [-0.2, -0.15) is 0 Å². The summed E-state index contributed by atoms with van der Waals surface area (Å²) in [4.78, 5) is 24.6. The van der Waals surface area contributed by atoms with Gasteiger partial charge < -0.3 is 14.6 Å². The number of rotatable bonds is 58. The number of aliphatic hydroxyl groups is 1. The van der Waals surface area contributed by atoms with Crippen molar-refractivity contribution >= 4 is 11.9 Å². The van der Waals surface area contributed by atoms with Crippen molar-refractivity contribution < 1.29 is 24.2 Å². The van der Waals surface area contributed by atoms with Gasteiger partial charge in [0, 0.05) is 12.8 Å². The molecule has 1 unspecified atom stereocenters. The van der Waals surface area contributed by atoms with E-state index in [1.807, 2.05) is 0 Å². The summed E-state index contributed by atoms with van der Waals surface area (Å²) in [5, 5.41) is 9.68. The van der Waals surface area contributed by atoms with Crippen molar-refractivity contribution in [1.82, 2.24) is 0 Å². The lowest BCUT2D eigenvalue weighted by Crippen LogP contribution is -2.28. The first kappa shape index (κ1) is 73.8. The van der Waals surface area contributed by atoms with E-state index in [2.05, 4.69) is 160 Å². The Bertz CT molecular complexity index is 1650. The molecule has 0 fully saturated rings. The second-order valence-electron chi connectivity index (χ2n) is 21.1. The summed E-state index contributed by atoms with van der Waals surface area (Å²) in [6.45, 7) is 4.01. The largest absolute Gasteiger partial charge is 0.462 e. The molecule has 0 aromatic carbocycles. The van der Waals surface area contributed by atoms with E-state index in [9.17, 15) is 14.7 Å². The Kier molecular flexibility index (Phi) is 63.4. The van der Waals surface area contributed by atoms with Gasteiger partial charge in [-0.15, -0.1) is 0 Å². The molecular formula is C73H120O5. The van der Waals surface area contributed by atoms with Gasteiger partial charge in [-0.05, 0) is 122 Å². The lowest BCUT2D eigenvalue weighted by molar-refractivity contribution is -0.161. The number of hydrogen-bond donors (Lipinski definition) is 1. The molecule has 0 aliphatic rings. The Morgan fingerprint density at radius 2 is 0.551 bits per heavy atom. The Balaban J connectivity index is 3.57. The lowest BCUT2D eigenvalue weighted by atomic mass is 10.0. The predicted molar refractivity (Wildman–Crippen MR) is 343 cm³/mol. The molecule has 1 atom stereocenters. The number of allylic oxidation sites excluding steroid dienone is 24. The maximum absolute atomic E-state index is 12.3. The molecule has 0 spiro atoms. The van der Waals surface area contributed by atoms with Crippen LogP contribution in [0.2, 0.25) is 0 Å². The third kappa shape index (κ3) is 64.3. The molecule has 0 bridgehead atoms. The molecule has 0 aromatic rings. The molecule has 442 valence electrons. The molecule has 0 saturated carbocycles. The van der Waals surface area contributed by atoms with Crippen molar-refractivity contribution in [2.24, 2.45) is 0 Å². The number of carbonyl (C=O) groups excluding carboxylic acids is 2. The van der Waals surface area contributed by atoms with Gasteiger partial charge in [-0.3, -0.25) is 9.59 Å². The summed E-state index contributed by atoms with van der Waals surface area (Å²) in [5.41, 5.74) is 0. The van der Waals surface area contributed by atoms with Gasteiger partial charge in [-0.1, -0.05) is 295 Å². The van der Waals surface area contributed by atoms with Crippen molar-refractivity contribution in [3.8, 4) is 0 Å². The van der Waals surface area contributed by atoms with E-state index < -0.39 is 6.10 Å². The molecular weight excluding hydrogens is 957 g/mol. The molecule has 0 amide bonds. The topological polar surface area (TPSA) is 72.8 Å². The maximum Gasteiger partial charge on any atom is 0.306 e. The molecule has 78 heavy (non-hydrogen) atoms. The zero-order valence-electron chi connectivity index (χ0n) is 50.6. The van der Waals surface area contributed by atoms with Crippen LogP contribution in [-0.2, 0) is 19.1 Å². The van der Waals surface area contributed by atoms with Gasteiger partial charge in [0.2, 0.25) is 0 Å². The SMILES string of the molecule is CC/C=C\C/C=C\C/C=C\C/C=C\C/C=C\C/C=C\C/C=C\C/C=C\C/C=C\CCCCCCCC(=O)OC(CO)COC(=O)CCCCCCCCCCCCCCCCCC/C=C\C/C=C\C/C=C\CCCCCCC. The van der Waals surface area contributed by atoms with Gasteiger partial charge >= 0.3 is 11.9 Å². The van der Waals surface area contributed by atoms with E-state index in [1.54, 1.807) is 0 Å². The third-order valence-electron chi connectivity index (χ3n) is 13.6. The molecule has 0 aliphatic heterocycles. The fraction of sp³-hybridized carbons (Fsp3) is 0.644. The lowest BCUT2D eigenvalue weighted by Gasteiger charge is -2.15. The fourth-order valence-corrected chi connectivity index (χ4v) is 8.79. The minimum atomic E-state index is -0.794. The number of ether oxygens (including phenoxy) is 2. The van der Waals surface area contributed by atoms with Crippen LogP contribution in [0.4, 0.5) is 0 Å². The van der Waals surface area contributed by atoms with E-state index in [1.165, 1.54) is 128 Å². The van der Waals surface area contributed by atoms with Crippen LogP contribution in [0.5, 0.6) is 0 Å². The summed E-state index contributed by atoms with van der Waals surface area (Å²) in [7, 11) is 0. The average molecular weight is 1080 g/mol. The first-order chi connectivity index (χ1) is 38.6. The van der Waals surface area contributed by atoms with Gasteiger partial charge in [0.25, 0.3) is 0 Å². The highest BCUT2D eigenvalue weighted by Crippen LogP contribution is 2.16. The van der Waals surface area contributed by atoms with E-state index in [0.29, 0.717) is 12.8 Å². The van der Waals surface area contributed by atoms with Gasteiger partial charge in [0.1, 0.15) is 6.61 Å². The first-order valence-electron chi connectivity index (χ1n) is 32.4. The van der Waals surface area contributed by atoms with Crippen LogP contribution < -0.4 is 0 Å². The number of carbonyl (C=O) groups is 2. The zero-order chi connectivity index (χ0) is 56.2. The Morgan fingerprint density at radius 1 is 0.308 bits per heavy atom. The Morgan fingerprint density at radius 3 is 0.833 bits per heavy atom. The van der Waals surface area contributed by atoms with Crippen LogP contribution in [-0.4, -0.2) is 36.4 Å². The molecule has 5 heteroatoms. The predicted octanol–water partition coefficient (Wildman–Crippen LogP) is 22.5. The average Bonchev–Trinajstić information content (AvgIpc) is 3.44. The minimum absolute atomic E-state index is 0.0814. The van der Waals surface area contributed by atoms with E-state index >= 15 is 0 Å². The molecule has 0 rings (SSSR count). The first-order valence-corrected chi connectivity index (χ1v) is 32.4. The maximum atomic E-state index is 12.3. The normalized spacial score (nSPS) is 13.2. The van der Waals surface area contributed by atoms with Crippen molar-refractivity contribution in [2.45, 2.75) is 290 Å². The standard InChI is InChI=1S/C73H120O5/c1-3-5-7-9-11-13-15-17-19-21-23-25-27-29-31-33-35-36-38-40-42-44-46-48-50-52-54-56-58-60-62-64-66-68-73(76)78-71(69-74)70-77-72(75)67-65-63-61-59-57-55-53-51-49-47-45-43-41-39-37-34-32-30-28-26-24-22-20-18-16-14-12-10-8-6-4-2/h5,7,11,13,16-19,22-25,28-31,35-36,40,42,46,48,52,54,71,74H,3-4,6,8-10,12,14-15,20-21,26-27,32-34,37-39,41,43-45,47,49-51,53,55-70H2,1-2H3/b7-5-,13-11-,18-16-,19-17-,24-22-,25-23-,30-28-,31-29-,36-35-,42-40-,48-46-,54-52-. The Hall–Kier alpha value is -4.22. The molecule has 0 aliphatic carbocycles. The second kappa shape index (κ2) is 67.1. The van der Waals surface area contributed by atoms with E-state index in [0.717, 1.165) is 128 Å². The summed E-state index contributed by atoms with van der Waals surface area (Å²) in [6, 6.07) is 0. The second-order valence-corrected chi connectivity index (χ2v) is 21.1. The third-order valence-corrected chi connectivity index (χ3v) is 13.6. The van der Waals surface area contributed by atoms with Gasteiger partial charge in [0.15, 0.2) is 6.10 Å². The van der Waals surface area contributed by atoms with Crippen LogP contribution in [0.1, 0.15) is 284 Å². The van der Waals surface area contributed by atoms with E-state index in [-0.39, 0.29) is 25.2 Å². The smallest absolute Gasteiger partial charge is 0.306 e. The quantitative estimate of drug-likeness (QED) is 0.0373. The molecule has 5 nitrogen and oxygen atoms in total. The Labute approximate surface area is 482 Å². The number of esters is 2. The number of unbranched alkanes of at least 4 members (excludes halogenated alkanes) is 26. The highest BCUT2D eigenvalue weighted by Gasteiger charge is 2.16. The summed E-state index contributed by atoms with van der Waals surface area (Å²) in [6.07, 6.45) is 101. The molecule has 1 N–H and O–H groups in total. The zero-order valence-corrected chi connectivity index (χ0v) is 50.6. The molecule has 0 radical (unpaired) electrons. The van der Waals surface area contributed by atoms with Crippen LogP contribution in [0.25, 0.3) is 0 Å². The minimum Gasteiger partial charge on any atom is -0.462 e. The monoisotopic (exact) mass is 1080 g/mol. The summed E-state index contributed by atoms with van der Waals surface area (Å²) in [5.74, 6) is -0.616. The number of aliphatic hydroxyl groups excluding tert-OH is 1. The van der Waals surface area contributed by atoms with Crippen LogP contribution in [0.3, 0.4) is 0 Å². The summed E-state index contributed by atoms with van der Waals surface area (Å²) >= 11 is 0. The highest BCUT2D eigenvalue weighted by molar-refractivity contribution is 5.70.